The van der Waals surface area contributed by atoms with Gasteiger partial charge in [-0.2, -0.15) is 4.98 Å². The number of hydrogen-bond acceptors (Lipinski definition) is 4. The van der Waals surface area contributed by atoms with E-state index in [4.69, 9.17) is 5.73 Å². The molecule has 52 valence electrons. The lowest BCUT2D eigenvalue weighted by atomic mass is 10.3. The molecule has 0 bridgehead atoms. The standard InChI is InChI=1S/C6H8N4/c7-6-9-3-4-1-2-8-5(4)10-6/h3H,1-2H2,(H3,7,8,9,10). The number of nitrogen functional groups attached to an aromatic ring is 1. The minimum absolute atomic E-state index is 0.341. The van der Waals surface area contributed by atoms with Crippen molar-refractivity contribution in [3.8, 4) is 0 Å². The molecule has 0 aromatic carbocycles. The highest BCUT2D eigenvalue weighted by Gasteiger charge is 2.10. The first-order valence-electron chi connectivity index (χ1n) is 3.21. The molecule has 0 fully saturated rings. The molecule has 0 amide bonds. The van der Waals surface area contributed by atoms with Crippen molar-refractivity contribution in [2.24, 2.45) is 0 Å². The van der Waals surface area contributed by atoms with Gasteiger partial charge in [-0.15, -0.1) is 0 Å². The number of rotatable bonds is 0. The predicted molar refractivity (Wildman–Crippen MR) is 38.6 cm³/mol. The maximum Gasteiger partial charge on any atom is 0.221 e. The molecule has 1 aliphatic heterocycles. The van der Waals surface area contributed by atoms with Gasteiger partial charge in [0.15, 0.2) is 0 Å². The summed E-state index contributed by atoms with van der Waals surface area (Å²) in [6, 6.07) is 0. The van der Waals surface area contributed by atoms with E-state index in [-0.39, 0.29) is 0 Å². The van der Waals surface area contributed by atoms with Gasteiger partial charge in [-0.25, -0.2) is 4.98 Å². The number of anilines is 2. The van der Waals surface area contributed by atoms with Gasteiger partial charge in [-0.05, 0) is 6.42 Å². The van der Waals surface area contributed by atoms with Crippen LogP contribution in [0.2, 0.25) is 0 Å². The van der Waals surface area contributed by atoms with Gasteiger partial charge >= 0.3 is 0 Å². The second kappa shape index (κ2) is 1.83. The fraction of sp³-hybridized carbons (Fsp3) is 0.333. The molecule has 2 heterocycles. The van der Waals surface area contributed by atoms with Crippen molar-refractivity contribution in [1.82, 2.24) is 9.97 Å². The van der Waals surface area contributed by atoms with Crippen LogP contribution in [0.15, 0.2) is 6.20 Å². The molecule has 0 saturated carbocycles. The fourth-order valence-electron chi connectivity index (χ4n) is 1.07. The van der Waals surface area contributed by atoms with Crippen LogP contribution < -0.4 is 11.1 Å². The van der Waals surface area contributed by atoms with E-state index < -0.39 is 0 Å². The molecule has 0 spiro atoms. The maximum atomic E-state index is 5.37. The fourth-order valence-corrected chi connectivity index (χ4v) is 1.07. The number of hydrogen-bond donors (Lipinski definition) is 2. The molecule has 1 aliphatic rings. The summed E-state index contributed by atoms with van der Waals surface area (Å²) in [5, 5.41) is 3.11. The van der Waals surface area contributed by atoms with Crippen molar-refractivity contribution in [2.45, 2.75) is 6.42 Å². The lowest BCUT2D eigenvalue weighted by Crippen LogP contribution is -1.98. The molecule has 0 unspecified atom stereocenters. The second-order valence-corrected chi connectivity index (χ2v) is 2.28. The molecule has 0 saturated heterocycles. The van der Waals surface area contributed by atoms with Gasteiger partial charge in [-0.3, -0.25) is 0 Å². The Morgan fingerprint density at radius 3 is 3.40 bits per heavy atom. The van der Waals surface area contributed by atoms with Crippen LogP contribution in [0.4, 0.5) is 11.8 Å². The van der Waals surface area contributed by atoms with Crippen LogP contribution in [0.25, 0.3) is 0 Å². The highest BCUT2D eigenvalue weighted by atomic mass is 15.1. The molecular weight excluding hydrogens is 128 g/mol. The third kappa shape index (κ3) is 0.689. The molecule has 0 atom stereocenters. The Kier molecular flexibility index (Phi) is 1.00. The van der Waals surface area contributed by atoms with Gasteiger partial charge in [0.25, 0.3) is 0 Å². The molecule has 4 heteroatoms. The first-order valence-corrected chi connectivity index (χ1v) is 3.21. The number of nitrogens with one attached hydrogen (secondary N) is 1. The molecule has 0 radical (unpaired) electrons. The topological polar surface area (TPSA) is 63.8 Å². The van der Waals surface area contributed by atoms with Crippen LogP contribution >= 0.6 is 0 Å². The SMILES string of the molecule is Nc1ncc2c(n1)NCC2. The van der Waals surface area contributed by atoms with Crippen LogP contribution in [0.3, 0.4) is 0 Å². The molecule has 10 heavy (non-hydrogen) atoms. The summed E-state index contributed by atoms with van der Waals surface area (Å²) in [5.74, 6) is 1.24. The van der Waals surface area contributed by atoms with Crippen molar-refractivity contribution < 1.29 is 0 Å². The summed E-state index contributed by atoms with van der Waals surface area (Å²) in [7, 11) is 0. The Morgan fingerprint density at radius 1 is 1.60 bits per heavy atom. The zero-order valence-corrected chi connectivity index (χ0v) is 5.46. The van der Waals surface area contributed by atoms with E-state index in [0.717, 1.165) is 24.3 Å². The quantitative estimate of drug-likeness (QED) is 0.528. The van der Waals surface area contributed by atoms with Gasteiger partial charge in [-0.1, -0.05) is 0 Å². The summed E-state index contributed by atoms with van der Waals surface area (Å²) in [5.41, 5.74) is 6.53. The number of nitrogens with two attached hydrogens (primary N) is 1. The Hall–Kier alpha value is -1.32. The molecule has 3 N–H and O–H groups in total. The number of nitrogens with zero attached hydrogens (tertiary/aromatic N) is 2. The minimum Gasteiger partial charge on any atom is -0.369 e. The molecule has 1 aromatic heterocycles. The zero-order valence-electron chi connectivity index (χ0n) is 5.46. The second-order valence-electron chi connectivity index (χ2n) is 2.28. The monoisotopic (exact) mass is 136 g/mol. The summed E-state index contributed by atoms with van der Waals surface area (Å²) >= 11 is 0. The maximum absolute atomic E-state index is 5.37. The van der Waals surface area contributed by atoms with Crippen LogP contribution in [0.5, 0.6) is 0 Å². The third-order valence-electron chi connectivity index (χ3n) is 1.57. The van der Waals surface area contributed by atoms with E-state index in [1.54, 1.807) is 6.20 Å². The highest BCUT2D eigenvalue weighted by Crippen LogP contribution is 2.17. The zero-order chi connectivity index (χ0) is 6.97. The van der Waals surface area contributed by atoms with Crippen LogP contribution in [-0.4, -0.2) is 16.5 Å². The van der Waals surface area contributed by atoms with Gasteiger partial charge in [0.05, 0.1) is 0 Å². The van der Waals surface area contributed by atoms with Crippen LogP contribution in [0.1, 0.15) is 5.56 Å². The Balaban J connectivity index is 2.52. The summed E-state index contributed by atoms with van der Waals surface area (Å²) in [6.45, 7) is 0.952. The van der Waals surface area contributed by atoms with Crippen LogP contribution in [-0.2, 0) is 6.42 Å². The van der Waals surface area contributed by atoms with Crippen molar-refractivity contribution in [3.63, 3.8) is 0 Å². The molecule has 1 aromatic rings. The Labute approximate surface area is 58.5 Å². The van der Waals surface area contributed by atoms with E-state index in [9.17, 15) is 0 Å². The molecule has 0 aliphatic carbocycles. The smallest absolute Gasteiger partial charge is 0.221 e. The van der Waals surface area contributed by atoms with E-state index >= 15 is 0 Å². The lowest BCUT2D eigenvalue weighted by molar-refractivity contribution is 1.09. The summed E-state index contributed by atoms with van der Waals surface area (Å²) in [6.07, 6.45) is 2.78. The summed E-state index contributed by atoms with van der Waals surface area (Å²) < 4.78 is 0. The van der Waals surface area contributed by atoms with E-state index in [0.29, 0.717) is 5.95 Å². The largest absolute Gasteiger partial charge is 0.369 e. The minimum atomic E-state index is 0.341. The lowest BCUT2D eigenvalue weighted by Gasteiger charge is -1.96. The van der Waals surface area contributed by atoms with Crippen molar-refractivity contribution in [1.29, 1.82) is 0 Å². The summed E-state index contributed by atoms with van der Waals surface area (Å²) in [4.78, 5) is 7.89. The van der Waals surface area contributed by atoms with E-state index in [1.165, 1.54) is 0 Å². The molecular formula is C6H8N4. The highest BCUT2D eigenvalue weighted by molar-refractivity contribution is 5.49. The van der Waals surface area contributed by atoms with Gasteiger partial charge in [0.2, 0.25) is 5.95 Å². The first-order chi connectivity index (χ1) is 4.86. The molecule has 2 rings (SSSR count). The van der Waals surface area contributed by atoms with Crippen molar-refractivity contribution >= 4 is 11.8 Å². The Morgan fingerprint density at radius 2 is 2.50 bits per heavy atom. The predicted octanol–water partition coefficient (Wildman–Crippen LogP) is 0.0268. The van der Waals surface area contributed by atoms with Gasteiger partial charge in [0.1, 0.15) is 5.82 Å². The first kappa shape index (κ1) is 5.46. The van der Waals surface area contributed by atoms with Crippen molar-refractivity contribution in [3.05, 3.63) is 11.8 Å². The normalized spacial score (nSPS) is 14.4. The average Bonchev–Trinajstić information content (AvgIpc) is 2.33. The van der Waals surface area contributed by atoms with Gasteiger partial charge in [0, 0.05) is 18.3 Å². The number of aromatic nitrogens is 2. The Bertz CT molecular complexity index is 258. The van der Waals surface area contributed by atoms with Crippen LogP contribution in [0, 0.1) is 0 Å². The molecule has 4 nitrogen and oxygen atoms in total. The van der Waals surface area contributed by atoms with E-state index in [1.807, 2.05) is 0 Å². The van der Waals surface area contributed by atoms with Gasteiger partial charge < -0.3 is 11.1 Å². The average molecular weight is 136 g/mol. The number of fused-ring (bicyclic) bond motifs is 1. The van der Waals surface area contributed by atoms with Crippen molar-refractivity contribution in [2.75, 3.05) is 17.6 Å². The third-order valence-corrected chi connectivity index (χ3v) is 1.57. The van der Waals surface area contributed by atoms with E-state index in [2.05, 4.69) is 15.3 Å².